The number of carbonyl (C=O) groups is 1. The first-order valence-electron chi connectivity index (χ1n) is 8.17. The Balaban J connectivity index is 1.78. The van der Waals surface area contributed by atoms with E-state index in [-0.39, 0.29) is 17.3 Å². The number of aromatic amines is 1. The van der Waals surface area contributed by atoms with Crippen LogP contribution in [0.2, 0.25) is 0 Å². The summed E-state index contributed by atoms with van der Waals surface area (Å²) in [6.45, 7) is 0.510. The molecule has 0 fully saturated rings. The van der Waals surface area contributed by atoms with Crippen LogP contribution in [0.3, 0.4) is 0 Å². The van der Waals surface area contributed by atoms with Gasteiger partial charge in [-0.15, -0.1) is 0 Å². The molecule has 4 rings (SSSR count). The second-order valence-electron chi connectivity index (χ2n) is 6.53. The second-order valence-corrected chi connectivity index (χ2v) is 6.53. The summed E-state index contributed by atoms with van der Waals surface area (Å²) in [5, 5.41) is 13.2. The molecule has 126 valence electrons. The number of benzene rings is 2. The van der Waals surface area contributed by atoms with Crippen molar-refractivity contribution >= 4 is 22.8 Å². The minimum absolute atomic E-state index is 0.0962. The van der Waals surface area contributed by atoms with Crippen molar-refractivity contribution in [3.05, 3.63) is 65.0 Å². The lowest BCUT2D eigenvalue weighted by Gasteiger charge is -2.17. The number of hydrogen-bond acceptors (Lipinski definition) is 3. The molecule has 0 bridgehead atoms. The number of carbonyl (C=O) groups excluding carboxylic acids is 1. The predicted octanol–water partition coefficient (Wildman–Crippen LogP) is 1.50. The first kappa shape index (κ1) is 15.5. The molecule has 5 heteroatoms. The molecular formula is C20H18N2O3. The fourth-order valence-corrected chi connectivity index (χ4v) is 3.16. The van der Waals surface area contributed by atoms with Crippen molar-refractivity contribution in [1.82, 2.24) is 4.98 Å². The number of quaternary nitrogens is 1. The van der Waals surface area contributed by atoms with E-state index in [2.05, 4.69) is 4.98 Å². The largest absolute Gasteiger partial charge is 0.872 e. The van der Waals surface area contributed by atoms with Gasteiger partial charge in [-0.05, 0) is 18.2 Å². The van der Waals surface area contributed by atoms with E-state index in [0.29, 0.717) is 23.4 Å². The molecule has 0 amide bonds. The Hall–Kier alpha value is -3.05. The number of fused-ring (bicyclic) bond motifs is 2. The van der Waals surface area contributed by atoms with Crippen LogP contribution in [-0.4, -0.2) is 24.9 Å². The van der Waals surface area contributed by atoms with Gasteiger partial charge in [-0.1, -0.05) is 30.0 Å². The Morgan fingerprint density at radius 1 is 1.20 bits per heavy atom. The minimum atomic E-state index is -0.185. The lowest BCUT2D eigenvalue weighted by molar-refractivity contribution is -0.872. The quantitative estimate of drug-likeness (QED) is 0.713. The Morgan fingerprint density at radius 3 is 2.80 bits per heavy atom. The van der Waals surface area contributed by atoms with E-state index < -0.39 is 0 Å². The molecule has 0 saturated carbocycles. The first-order valence-corrected chi connectivity index (χ1v) is 8.17. The van der Waals surface area contributed by atoms with Crippen LogP contribution in [-0.2, 0) is 6.54 Å². The molecule has 5 nitrogen and oxygen atoms in total. The lowest BCUT2D eigenvalue weighted by atomic mass is 10.0. The van der Waals surface area contributed by atoms with Crippen LogP contribution >= 0.6 is 0 Å². The first-order chi connectivity index (χ1) is 12.0. The molecule has 0 saturated heterocycles. The molecular weight excluding hydrogens is 316 g/mol. The topological polar surface area (TPSA) is 69.6 Å². The van der Waals surface area contributed by atoms with Crippen LogP contribution < -0.4 is 14.7 Å². The summed E-state index contributed by atoms with van der Waals surface area (Å²) in [5.74, 6) is 0.376. The van der Waals surface area contributed by atoms with Crippen LogP contribution in [0.1, 0.15) is 21.5 Å². The number of Topliss-reactive ketones (excluding diaryl/α,β-unsaturated/α-hetero) is 1. The average Bonchev–Trinajstić information content (AvgIpc) is 3.13. The molecule has 1 aliphatic rings. The zero-order valence-corrected chi connectivity index (χ0v) is 14.1. The van der Waals surface area contributed by atoms with E-state index in [9.17, 15) is 9.90 Å². The average molecular weight is 334 g/mol. The highest BCUT2D eigenvalue weighted by molar-refractivity contribution is 6.15. The van der Waals surface area contributed by atoms with Crippen LogP contribution in [0.25, 0.3) is 17.0 Å². The number of para-hydroxylation sites is 1. The van der Waals surface area contributed by atoms with Gasteiger partial charge in [0.1, 0.15) is 12.3 Å². The monoisotopic (exact) mass is 334 g/mol. The van der Waals surface area contributed by atoms with E-state index in [0.717, 1.165) is 21.4 Å². The van der Waals surface area contributed by atoms with Crippen molar-refractivity contribution in [3.8, 4) is 11.5 Å². The van der Waals surface area contributed by atoms with E-state index in [1.807, 2.05) is 44.6 Å². The molecule has 2 N–H and O–H groups in total. The van der Waals surface area contributed by atoms with E-state index in [4.69, 9.17) is 4.74 Å². The minimum Gasteiger partial charge on any atom is -0.872 e. The van der Waals surface area contributed by atoms with Gasteiger partial charge in [0, 0.05) is 28.2 Å². The van der Waals surface area contributed by atoms with Crippen molar-refractivity contribution in [1.29, 1.82) is 0 Å². The Kier molecular flexibility index (Phi) is 3.58. The lowest BCUT2D eigenvalue weighted by Crippen LogP contribution is -3.04. The smallest absolute Gasteiger partial charge is 0.231 e. The van der Waals surface area contributed by atoms with Gasteiger partial charge < -0.3 is 19.7 Å². The standard InChI is InChI=1S/C20H18N2O3/c1-22(2)11-15-17(23)8-7-14-19(24)18(25-20(14)15)9-12-10-21-16-6-4-3-5-13(12)16/h3-10,21,23H,11H2,1-2H3. The highest BCUT2D eigenvalue weighted by Gasteiger charge is 2.30. The summed E-state index contributed by atoms with van der Waals surface area (Å²) in [7, 11) is 3.91. The SMILES string of the molecule is C[NH+](C)Cc1c([O-])ccc2c1OC(=Cc1c[nH]c3ccccc13)C2=O. The van der Waals surface area contributed by atoms with Crippen LogP contribution in [0.5, 0.6) is 11.5 Å². The van der Waals surface area contributed by atoms with Gasteiger partial charge in [0.25, 0.3) is 0 Å². The maximum absolute atomic E-state index is 12.7. The fourth-order valence-electron chi connectivity index (χ4n) is 3.16. The molecule has 0 atom stereocenters. The number of H-pyrrole nitrogens is 1. The maximum Gasteiger partial charge on any atom is 0.231 e. The third kappa shape index (κ3) is 2.58. The van der Waals surface area contributed by atoms with Crippen molar-refractivity contribution in [3.63, 3.8) is 0 Å². The van der Waals surface area contributed by atoms with Crippen molar-refractivity contribution in [2.24, 2.45) is 0 Å². The number of nitrogens with one attached hydrogen (secondary N) is 2. The molecule has 2 heterocycles. The van der Waals surface area contributed by atoms with E-state index in [1.165, 1.54) is 6.07 Å². The molecule has 0 aliphatic carbocycles. The normalized spacial score (nSPS) is 15.2. The molecule has 0 spiro atoms. The molecule has 2 aromatic carbocycles. The molecule has 25 heavy (non-hydrogen) atoms. The number of allylic oxidation sites excluding steroid dienone is 1. The predicted molar refractivity (Wildman–Crippen MR) is 93.6 cm³/mol. The number of ketones is 1. The summed E-state index contributed by atoms with van der Waals surface area (Å²) in [6, 6.07) is 10.9. The number of aromatic nitrogens is 1. The summed E-state index contributed by atoms with van der Waals surface area (Å²) in [5.41, 5.74) is 2.89. The third-order valence-electron chi connectivity index (χ3n) is 4.34. The summed E-state index contributed by atoms with van der Waals surface area (Å²) in [4.78, 5) is 17.0. The third-order valence-corrected chi connectivity index (χ3v) is 4.34. The van der Waals surface area contributed by atoms with Crippen LogP contribution in [0.4, 0.5) is 0 Å². The second kappa shape index (κ2) is 5.79. The number of ether oxygens (including phenoxy) is 1. The Bertz CT molecular complexity index is 1010. The number of hydrogen-bond donors (Lipinski definition) is 2. The van der Waals surface area contributed by atoms with Gasteiger partial charge in [0.15, 0.2) is 5.76 Å². The van der Waals surface area contributed by atoms with E-state index >= 15 is 0 Å². The van der Waals surface area contributed by atoms with Crippen molar-refractivity contribution in [2.45, 2.75) is 6.54 Å². The van der Waals surface area contributed by atoms with E-state index in [1.54, 1.807) is 12.1 Å². The van der Waals surface area contributed by atoms with Gasteiger partial charge in [0.05, 0.1) is 19.7 Å². The van der Waals surface area contributed by atoms with Crippen molar-refractivity contribution < 1.29 is 19.5 Å². The summed E-state index contributed by atoms with van der Waals surface area (Å²) < 4.78 is 5.84. The van der Waals surface area contributed by atoms with Gasteiger partial charge in [-0.3, -0.25) is 4.79 Å². The fraction of sp³-hybridized carbons (Fsp3) is 0.150. The van der Waals surface area contributed by atoms with Gasteiger partial charge in [-0.2, -0.15) is 0 Å². The molecule has 1 aliphatic heterocycles. The number of rotatable bonds is 3. The molecule has 3 aromatic rings. The zero-order chi connectivity index (χ0) is 17.6. The molecule has 1 aromatic heterocycles. The highest BCUT2D eigenvalue weighted by atomic mass is 16.5. The van der Waals surface area contributed by atoms with Crippen LogP contribution in [0, 0.1) is 0 Å². The molecule has 0 radical (unpaired) electrons. The maximum atomic E-state index is 12.7. The Morgan fingerprint density at radius 2 is 2.00 bits per heavy atom. The zero-order valence-electron chi connectivity index (χ0n) is 14.1. The Labute approximate surface area is 145 Å². The van der Waals surface area contributed by atoms with Crippen LogP contribution in [0.15, 0.2) is 48.4 Å². The van der Waals surface area contributed by atoms with Crippen molar-refractivity contribution in [2.75, 3.05) is 14.1 Å². The summed E-state index contributed by atoms with van der Waals surface area (Å²) in [6.07, 6.45) is 3.58. The summed E-state index contributed by atoms with van der Waals surface area (Å²) >= 11 is 0. The molecule has 0 unspecified atom stereocenters. The van der Waals surface area contributed by atoms with Gasteiger partial charge >= 0.3 is 0 Å². The van der Waals surface area contributed by atoms with Gasteiger partial charge in [0.2, 0.25) is 5.78 Å². The van der Waals surface area contributed by atoms with Gasteiger partial charge in [-0.25, -0.2) is 0 Å². The highest BCUT2D eigenvalue weighted by Crippen LogP contribution is 2.38.